The Bertz CT molecular complexity index is 247. The lowest BCUT2D eigenvalue weighted by molar-refractivity contribution is -0.140. The van der Waals surface area contributed by atoms with Gasteiger partial charge in [-0.1, -0.05) is 0 Å². The van der Waals surface area contributed by atoms with Gasteiger partial charge in [-0.2, -0.15) is 0 Å². The van der Waals surface area contributed by atoms with Crippen LogP contribution in [0.15, 0.2) is 0 Å². The highest BCUT2D eigenvalue weighted by Gasteiger charge is 2.46. The normalized spacial score (nSPS) is 35.7. The van der Waals surface area contributed by atoms with Crippen LogP contribution in [0.3, 0.4) is 0 Å². The number of nitrogens with one attached hydrogen (secondary N) is 2. The maximum absolute atomic E-state index is 11.0. The van der Waals surface area contributed by atoms with Gasteiger partial charge in [-0.3, -0.25) is 9.69 Å². The van der Waals surface area contributed by atoms with Gasteiger partial charge in [0.1, 0.15) is 6.04 Å². The van der Waals surface area contributed by atoms with Crippen LogP contribution in [0.1, 0.15) is 6.42 Å². The molecule has 3 atom stereocenters. The van der Waals surface area contributed by atoms with Gasteiger partial charge in [0, 0.05) is 31.6 Å². The predicted octanol–water partition coefficient (Wildman–Crippen LogP) is -1.05. The predicted molar refractivity (Wildman–Crippen MR) is 56.8 cm³/mol. The molecule has 0 aliphatic carbocycles. The number of rotatable bonds is 4. The molecule has 0 amide bonds. The summed E-state index contributed by atoms with van der Waals surface area (Å²) in [5.74, 6) is -0.391. The first-order chi connectivity index (χ1) is 7.24. The topological polar surface area (TPSA) is 64.6 Å². The monoisotopic (exact) mass is 213 g/mol. The van der Waals surface area contributed by atoms with Crippen LogP contribution >= 0.6 is 0 Å². The van der Waals surface area contributed by atoms with Gasteiger partial charge in [0.25, 0.3) is 0 Å². The molecule has 2 aliphatic heterocycles. The van der Waals surface area contributed by atoms with Crippen LogP contribution in [0.25, 0.3) is 0 Å². The highest BCUT2D eigenvalue weighted by atomic mass is 16.4. The van der Waals surface area contributed by atoms with Crippen LogP contribution < -0.4 is 10.6 Å². The van der Waals surface area contributed by atoms with Gasteiger partial charge in [0.15, 0.2) is 0 Å². The van der Waals surface area contributed by atoms with Crippen LogP contribution in [0.2, 0.25) is 0 Å². The summed E-state index contributed by atoms with van der Waals surface area (Å²) in [6.45, 7) is 3.86. The molecule has 0 aromatic carbocycles. The summed E-state index contributed by atoms with van der Waals surface area (Å²) in [5.41, 5.74) is 0. The lowest BCUT2D eigenvalue weighted by Gasteiger charge is -2.22. The number of fused-ring (bicyclic) bond motifs is 1. The minimum atomic E-state index is -0.696. The largest absolute Gasteiger partial charge is 0.480 e. The molecule has 2 fully saturated rings. The summed E-state index contributed by atoms with van der Waals surface area (Å²) in [4.78, 5) is 13.4. The van der Waals surface area contributed by atoms with E-state index in [9.17, 15) is 4.79 Å². The highest BCUT2D eigenvalue weighted by Crippen LogP contribution is 2.30. The van der Waals surface area contributed by atoms with Crippen LogP contribution in [-0.4, -0.2) is 61.3 Å². The van der Waals surface area contributed by atoms with Crippen LogP contribution in [-0.2, 0) is 4.79 Å². The summed E-state index contributed by atoms with van der Waals surface area (Å²) in [7, 11) is 1.94. The molecule has 0 aromatic heterocycles. The second-order valence-electron chi connectivity index (χ2n) is 4.38. The maximum Gasteiger partial charge on any atom is 0.321 e. The number of likely N-dealkylation sites (tertiary alicyclic amines) is 1. The van der Waals surface area contributed by atoms with Gasteiger partial charge in [0.05, 0.1) is 0 Å². The van der Waals surface area contributed by atoms with Crippen LogP contribution in [0.5, 0.6) is 0 Å². The van der Waals surface area contributed by atoms with Crippen molar-refractivity contribution in [2.24, 2.45) is 5.92 Å². The Morgan fingerprint density at radius 1 is 1.67 bits per heavy atom. The summed E-state index contributed by atoms with van der Waals surface area (Å²) in [5, 5.41) is 15.3. The number of likely N-dealkylation sites (N-methyl/N-ethyl adjacent to an activating group) is 1. The Labute approximate surface area is 89.8 Å². The minimum Gasteiger partial charge on any atom is -0.480 e. The molecule has 2 heterocycles. The van der Waals surface area contributed by atoms with E-state index in [4.69, 9.17) is 5.11 Å². The third kappa shape index (κ3) is 2.00. The van der Waals surface area contributed by atoms with E-state index >= 15 is 0 Å². The molecule has 15 heavy (non-hydrogen) atoms. The maximum atomic E-state index is 11.0. The van der Waals surface area contributed by atoms with E-state index in [0.717, 1.165) is 32.6 Å². The molecular weight excluding hydrogens is 194 g/mol. The summed E-state index contributed by atoms with van der Waals surface area (Å²) in [6.07, 6.45) is 1.01. The van der Waals surface area contributed by atoms with Crippen molar-refractivity contribution in [2.75, 3.05) is 33.2 Å². The number of carboxylic acid groups (broad SMARTS) is 1. The van der Waals surface area contributed by atoms with Gasteiger partial charge in [0.2, 0.25) is 0 Å². The Kier molecular flexibility index (Phi) is 3.23. The standard InChI is InChI=1S/C10H19N3O2/c1-11-3-5-13-4-2-7-8(13)6-12-9(7)10(14)15/h7-9,11-12H,2-6H2,1H3,(H,14,15). The second-order valence-corrected chi connectivity index (χ2v) is 4.38. The number of carboxylic acids is 1. The van der Waals surface area contributed by atoms with Crippen molar-refractivity contribution < 1.29 is 9.90 Å². The van der Waals surface area contributed by atoms with E-state index in [2.05, 4.69) is 15.5 Å². The SMILES string of the molecule is CNCCN1CCC2C(C(=O)O)NCC21. The van der Waals surface area contributed by atoms with Crippen molar-refractivity contribution >= 4 is 5.97 Å². The zero-order valence-electron chi connectivity index (χ0n) is 9.07. The number of nitrogens with zero attached hydrogens (tertiary/aromatic N) is 1. The molecule has 86 valence electrons. The number of hydrogen-bond acceptors (Lipinski definition) is 4. The molecule has 3 unspecified atom stereocenters. The minimum absolute atomic E-state index is 0.305. The molecule has 0 saturated carbocycles. The number of carbonyl (C=O) groups is 1. The van der Waals surface area contributed by atoms with Crippen molar-refractivity contribution in [3.05, 3.63) is 0 Å². The molecule has 0 bridgehead atoms. The lowest BCUT2D eigenvalue weighted by Crippen LogP contribution is -2.38. The molecule has 0 spiro atoms. The van der Waals surface area contributed by atoms with Crippen molar-refractivity contribution in [3.8, 4) is 0 Å². The molecule has 5 heteroatoms. The first kappa shape index (κ1) is 10.9. The molecule has 2 saturated heterocycles. The molecule has 0 aromatic rings. The number of aliphatic carboxylic acids is 1. The Morgan fingerprint density at radius 2 is 2.47 bits per heavy atom. The smallest absolute Gasteiger partial charge is 0.321 e. The first-order valence-electron chi connectivity index (χ1n) is 5.59. The summed E-state index contributed by atoms with van der Waals surface area (Å²) in [6, 6.07) is 0.106. The highest BCUT2D eigenvalue weighted by molar-refractivity contribution is 5.74. The van der Waals surface area contributed by atoms with Crippen molar-refractivity contribution in [1.82, 2.24) is 15.5 Å². The number of hydrogen-bond donors (Lipinski definition) is 3. The van der Waals surface area contributed by atoms with E-state index < -0.39 is 5.97 Å². The van der Waals surface area contributed by atoms with E-state index in [1.54, 1.807) is 0 Å². The molecule has 5 nitrogen and oxygen atoms in total. The van der Waals surface area contributed by atoms with Crippen molar-refractivity contribution in [2.45, 2.75) is 18.5 Å². The Hall–Kier alpha value is -0.650. The van der Waals surface area contributed by atoms with Gasteiger partial charge >= 0.3 is 5.97 Å². The third-order valence-corrected chi connectivity index (χ3v) is 3.60. The van der Waals surface area contributed by atoms with E-state index in [1.807, 2.05) is 7.05 Å². The quantitative estimate of drug-likeness (QED) is 0.556. The van der Waals surface area contributed by atoms with E-state index in [1.165, 1.54) is 0 Å². The summed E-state index contributed by atoms with van der Waals surface area (Å²) >= 11 is 0. The molecule has 0 radical (unpaired) electrons. The van der Waals surface area contributed by atoms with Crippen molar-refractivity contribution in [1.29, 1.82) is 0 Å². The van der Waals surface area contributed by atoms with Crippen LogP contribution in [0, 0.1) is 5.92 Å². The fourth-order valence-corrected chi connectivity index (χ4v) is 2.82. The average Bonchev–Trinajstić information content (AvgIpc) is 2.74. The van der Waals surface area contributed by atoms with Gasteiger partial charge in [-0.05, 0) is 20.0 Å². The summed E-state index contributed by atoms with van der Waals surface area (Å²) < 4.78 is 0. The van der Waals surface area contributed by atoms with Gasteiger partial charge in [-0.15, -0.1) is 0 Å². The Morgan fingerprint density at radius 3 is 3.13 bits per heavy atom. The van der Waals surface area contributed by atoms with E-state index in [0.29, 0.717) is 12.0 Å². The van der Waals surface area contributed by atoms with Gasteiger partial charge in [-0.25, -0.2) is 0 Å². The van der Waals surface area contributed by atoms with Crippen molar-refractivity contribution in [3.63, 3.8) is 0 Å². The molecule has 2 rings (SSSR count). The van der Waals surface area contributed by atoms with E-state index in [-0.39, 0.29) is 6.04 Å². The second kappa shape index (κ2) is 4.47. The average molecular weight is 213 g/mol. The molecule has 2 aliphatic rings. The first-order valence-corrected chi connectivity index (χ1v) is 5.59. The zero-order chi connectivity index (χ0) is 10.8. The zero-order valence-corrected chi connectivity index (χ0v) is 9.07. The lowest BCUT2D eigenvalue weighted by atomic mass is 9.97. The van der Waals surface area contributed by atoms with Gasteiger partial charge < -0.3 is 15.7 Å². The fourth-order valence-electron chi connectivity index (χ4n) is 2.82. The molecule has 3 N–H and O–H groups in total. The Balaban J connectivity index is 1.93. The fraction of sp³-hybridized carbons (Fsp3) is 0.900. The third-order valence-electron chi connectivity index (χ3n) is 3.60. The molecular formula is C10H19N3O2. The van der Waals surface area contributed by atoms with Crippen LogP contribution in [0.4, 0.5) is 0 Å².